The first kappa shape index (κ1) is 10.9. The van der Waals surface area contributed by atoms with Crippen molar-refractivity contribution in [2.45, 2.75) is 0 Å². The highest BCUT2D eigenvalue weighted by molar-refractivity contribution is 6.83. The smallest absolute Gasteiger partial charge is 0.281 e. The first-order chi connectivity index (χ1) is 8.04. The van der Waals surface area contributed by atoms with Crippen LogP contribution in [0.5, 0.6) is 0 Å². The number of amides is 1. The maximum atomic E-state index is 12.9. The summed E-state index contributed by atoms with van der Waals surface area (Å²) in [6.45, 7) is 0. The zero-order chi connectivity index (χ0) is 12.6. The number of benzene rings is 1. The van der Waals surface area contributed by atoms with Gasteiger partial charge in [-0.25, -0.2) is 4.39 Å². The first-order valence-corrected chi connectivity index (χ1v) is 4.46. The summed E-state index contributed by atoms with van der Waals surface area (Å²) in [5.41, 5.74) is -1.21. The van der Waals surface area contributed by atoms with E-state index in [0.717, 1.165) is 18.2 Å². The second-order valence-corrected chi connectivity index (χ2v) is 3.25. The molecule has 0 spiro atoms. The van der Waals surface area contributed by atoms with Crippen molar-refractivity contribution in [3.05, 3.63) is 29.6 Å². The Labute approximate surface area is 93.7 Å². The second kappa shape index (κ2) is 3.78. The Kier molecular flexibility index (Phi) is 2.43. The molecule has 0 atom stereocenters. The van der Waals surface area contributed by atoms with Crippen LogP contribution in [0, 0.1) is 5.82 Å². The minimum Gasteiger partial charge on any atom is -0.410 e. The summed E-state index contributed by atoms with van der Waals surface area (Å²) in [6.07, 6.45) is 0. The SMILES string of the molecule is O=C1Nc2cc(F)ccc2C(=O)C(=O)C1=NO. The number of fused-ring (bicyclic) bond motifs is 1. The van der Waals surface area contributed by atoms with E-state index >= 15 is 0 Å². The second-order valence-electron chi connectivity index (χ2n) is 3.25. The van der Waals surface area contributed by atoms with E-state index in [-0.39, 0.29) is 11.3 Å². The molecular formula is C10H5FN2O4. The molecule has 6 nitrogen and oxygen atoms in total. The molecule has 1 aromatic rings. The van der Waals surface area contributed by atoms with Crippen LogP contribution >= 0.6 is 0 Å². The summed E-state index contributed by atoms with van der Waals surface area (Å²) in [5, 5.41) is 13.1. The Morgan fingerprint density at radius 2 is 1.88 bits per heavy atom. The van der Waals surface area contributed by atoms with Crippen molar-refractivity contribution in [1.82, 2.24) is 0 Å². The van der Waals surface area contributed by atoms with Gasteiger partial charge in [0.05, 0.1) is 5.69 Å². The highest BCUT2D eigenvalue weighted by Crippen LogP contribution is 2.21. The van der Waals surface area contributed by atoms with Crippen molar-refractivity contribution in [3.63, 3.8) is 0 Å². The van der Waals surface area contributed by atoms with Gasteiger partial charge >= 0.3 is 0 Å². The minimum atomic E-state index is -1.24. The maximum Gasteiger partial charge on any atom is 0.281 e. The van der Waals surface area contributed by atoms with Crippen molar-refractivity contribution < 1.29 is 24.0 Å². The normalized spacial score (nSPS) is 17.7. The number of hydrogen-bond acceptors (Lipinski definition) is 5. The van der Waals surface area contributed by atoms with Crippen molar-refractivity contribution in [2.24, 2.45) is 5.16 Å². The fraction of sp³-hybridized carbons (Fsp3) is 0. The average Bonchev–Trinajstić information content (AvgIpc) is 2.36. The molecule has 0 bridgehead atoms. The van der Waals surface area contributed by atoms with E-state index in [4.69, 9.17) is 5.21 Å². The van der Waals surface area contributed by atoms with Gasteiger partial charge in [-0.1, -0.05) is 5.16 Å². The summed E-state index contributed by atoms with van der Waals surface area (Å²) in [6, 6.07) is 2.96. The van der Waals surface area contributed by atoms with Gasteiger partial charge in [-0.05, 0) is 18.2 Å². The summed E-state index contributed by atoms with van der Waals surface area (Å²) in [4.78, 5) is 34.4. The number of oxime groups is 1. The number of halogens is 1. The van der Waals surface area contributed by atoms with Gasteiger partial charge in [0.15, 0.2) is 0 Å². The van der Waals surface area contributed by atoms with Crippen LogP contribution in [0.15, 0.2) is 23.4 Å². The highest BCUT2D eigenvalue weighted by atomic mass is 19.1. The van der Waals surface area contributed by atoms with Crippen molar-refractivity contribution >= 4 is 28.9 Å². The molecule has 0 saturated carbocycles. The molecule has 2 N–H and O–H groups in total. The zero-order valence-corrected chi connectivity index (χ0v) is 8.23. The molecule has 1 heterocycles. The van der Waals surface area contributed by atoms with Crippen molar-refractivity contribution in [1.29, 1.82) is 0 Å². The molecule has 0 aromatic heterocycles. The lowest BCUT2D eigenvalue weighted by atomic mass is 10.0. The largest absolute Gasteiger partial charge is 0.410 e. The van der Waals surface area contributed by atoms with Crippen LogP contribution in [0.2, 0.25) is 0 Å². The summed E-state index contributed by atoms with van der Waals surface area (Å²) < 4.78 is 12.9. The first-order valence-electron chi connectivity index (χ1n) is 4.46. The number of nitrogens with zero attached hydrogens (tertiary/aromatic N) is 1. The van der Waals surface area contributed by atoms with E-state index in [0.29, 0.717) is 0 Å². The minimum absolute atomic E-state index is 0.132. The molecule has 2 rings (SSSR count). The Hall–Kier alpha value is -2.57. The number of rotatable bonds is 0. The van der Waals surface area contributed by atoms with E-state index < -0.39 is 29.0 Å². The number of anilines is 1. The molecule has 1 aliphatic heterocycles. The third-order valence-electron chi connectivity index (χ3n) is 2.21. The molecule has 0 radical (unpaired) electrons. The van der Waals surface area contributed by atoms with Gasteiger partial charge in [-0.3, -0.25) is 14.4 Å². The molecule has 0 fully saturated rings. The Bertz CT molecular complexity index is 580. The number of Topliss-reactive ketones (excluding diaryl/α,β-unsaturated/α-hetero) is 2. The average molecular weight is 236 g/mol. The maximum absolute atomic E-state index is 12.9. The Balaban J connectivity index is 2.64. The third-order valence-corrected chi connectivity index (χ3v) is 2.21. The van der Waals surface area contributed by atoms with Gasteiger partial charge in [0, 0.05) is 5.56 Å². The third kappa shape index (κ3) is 1.67. The van der Waals surface area contributed by atoms with E-state index in [1.54, 1.807) is 0 Å². The van der Waals surface area contributed by atoms with Gasteiger partial charge in [0.25, 0.3) is 11.7 Å². The quantitative estimate of drug-likeness (QED) is 0.386. The lowest BCUT2D eigenvalue weighted by molar-refractivity contribution is -0.113. The van der Waals surface area contributed by atoms with Crippen LogP contribution in [0.1, 0.15) is 10.4 Å². The molecule has 0 aliphatic carbocycles. The zero-order valence-electron chi connectivity index (χ0n) is 8.23. The van der Waals surface area contributed by atoms with Crippen molar-refractivity contribution in [2.75, 3.05) is 5.32 Å². The van der Waals surface area contributed by atoms with Crippen LogP contribution in [-0.2, 0) is 9.59 Å². The van der Waals surface area contributed by atoms with Crippen molar-refractivity contribution in [3.8, 4) is 0 Å². The lowest BCUT2D eigenvalue weighted by Crippen LogP contribution is -2.31. The number of nitrogens with one attached hydrogen (secondary N) is 1. The topological polar surface area (TPSA) is 95.8 Å². The van der Waals surface area contributed by atoms with Gasteiger partial charge in [-0.2, -0.15) is 0 Å². The molecule has 86 valence electrons. The fourth-order valence-corrected chi connectivity index (χ4v) is 1.42. The number of carbonyl (C=O) groups is 3. The highest BCUT2D eigenvalue weighted by Gasteiger charge is 2.34. The molecule has 1 amide bonds. The van der Waals surface area contributed by atoms with Crippen LogP contribution in [0.3, 0.4) is 0 Å². The van der Waals surface area contributed by atoms with Gasteiger partial charge in [0.2, 0.25) is 11.5 Å². The molecule has 0 unspecified atom stereocenters. The molecular weight excluding hydrogens is 231 g/mol. The van der Waals surface area contributed by atoms with Gasteiger partial charge in [-0.15, -0.1) is 0 Å². The number of ketones is 2. The number of carbonyl (C=O) groups excluding carboxylic acids is 3. The van der Waals surface area contributed by atoms with E-state index in [9.17, 15) is 18.8 Å². The van der Waals surface area contributed by atoms with E-state index in [1.165, 1.54) is 0 Å². The Morgan fingerprint density at radius 3 is 2.53 bits per heavy atom. The van der Waals surface area contributed by atoms with E-state index in [1.807, 2.05) is 0 Å². The summed E-state index contributed by atoms with van der Waals surface area (Å²) in [7, 11) is 0. The fourth-order valence-electron chi connectivity index (χ4n) is 1.42. The monoisotopic (exact) mass is 236 g/mol. The predicted octanol–water partition coefficient (Wildman–Crippen LogP) is 0.360. The lowest BCUT2D eigenvalue weighted by Gasteiger charge is -2.03. The van der Waals surface area contributed by atoms with E-state index in [2.05, 4.69) is 10.5 Å². The molecule has 0 saturated heterocycles. The molecule has 7 heteroatoms. The summed E-state index contributed by atoms with van der Waals surface area (Å²) >= 11 is 0. The Morgan fingerprint density at radius 1 is 1.18 bits per heavy atom. The van der Waals surface area contributed by atoms with Gasteiger partial charge < -0.3 is 10.5 Å². The predicted molar refractivity (Wildman–Crippen MR) is 53.6 cm³/mol. The van der Waals surface area contributed by atoms with Crippen LogP contribution in [-0.4, -0.2) is 28.4 Å². The summed E-state index contributed by atoms with van der Waals surface area (Å²) in [5.74, 6) is -4.01. The standard InChI is InChI=1S/C10H5FN2O4/c11-4-1-2-5-6(3-4)12-10(16)7(13-17)9(15)8(5)14/h1-3,17H,(H,12,16). The van der Waals surface area contributed by atoms with Crippen LogP contribution in [0.4, 0.5) is 10.1 Å². The van der Waals surface area contributed by atoms with Gasteiger partial charge in [0.1, 0.15) is 5.82 Å². The number of hydrogen-bond donors (Lipinski definition) is 2. The van der Waals surface area contributed by atoms with Crippen LogP contribution < -0.4 is 5.32 Å². The molecule has 1 aliphatic rings. The van der Waals surface area contributed by atoms with Crippen LogP contribution in [0.25, 0.3) is 0 Å². The molecule has 1 aromatic carbocycles. The molecule has 17 heavy (non-hydrogen) atoms.